The summed E-state index contributed by atoms with van der Waals surface area (Å²) in [5, 5.41) is 6.00. The van der Waals surface area contributed by atoms with Crippen molar-refractivity contribution in [1.29, 1.82) is 0 Å². The Bertz CT molecular complexity index is 1100. The van der Waals surface area contributed by atoms with Gasteiger partial charge in [-0.15, -0.1) is 0 Å². The van der Waals surface area contributed by atoms with Crippen LogP contribution in [-0.2, 0) is 22.5 Å². The highest BCUT2D eigenvalue weighted by atomic mass is 19.1. The van der Waals surface area contributed by atoms with Gasteiger partial charge in [-0.3, -0.25) is 9.69 Å². The number of halogens is 1. The van der Waals surface area contributed by atoms with Gasteiger partial charge < -0.3 is 20.4 Å². The fourth-order valence-electron chi connectivity index (χ4n) is 3.68. The van der Waals surface area contributed by atoms with Crippen molar-refractivity contribution in [3.05, 3.63) is 72.1 Å². The van der Waals surface area contributed by atoms with E-state index in [1.807, 2.05) is 30.5 Å². The molecular weight excluding hydrogens is 425 g/mol. The number of rotatable bonds is 9. The van der Waals surface area contributed by atoms with Crippen LogP contribution in [0.3, 0.4) is 0 Å². The molecule has 3 N–H and O–H groups in total. The first-order valence-electron chi connectivity index (χ1n) is 10.8. The number of hydrogen-bond donors (Lipinski definition) is 3. The Morgan fingerprint density at radius 2 is 2.09 bits per heavy atom. The molecule has 0 radical (unpaired) electrons. The van der Waals surface area contributed by atoms with Crippen molar-refractivity contribution in [1.82, 2.24) is 20.6 Å². The molecule has 1 fully saturated rings. The minimum atomic E-state index is -0.554. The minimum Gasteiger partial charge on any atom is -0.442 e. The average molecular weight is 452 g/mol. The summed E-state index contributed by atoms with van der Waals surface area (Å²) in [6, 6.07) is 12.4. The van der Waals surface area contributed by atoms with Gasteiger partial charge in [0, 0.05) is 38.2 Å². The highest BCUT2D eigenvalue weighted by Crippen LogP contribution is 2.29. The van der Waals surface area contributed by atoms with Crippen molar-refractivity contribution in [2.24, 2.45) is 0 Å². The number of aromatic amines is 1. The van der Waals surface area contributed by atoms with E-state index >= 15 is 0 Å². The summed E-state index contributed by atoms with van der Waals surface area (Å²) in [5.74, 6) is -0.619. The predicted octanol–water partition coefficient (Wildman–Crippen LogP) is 3.01. The lowest BCUT2D eigenvalue weighted by Gasteiger charge is -2.15. The summed E-state index contributed by atoms with van der Waals surface area (Å²) in [7, 11) is 0. The van der Waals surface area contributed by atoms with Gasteiger partial charge in [-0.25, -0.2) is 14.2 Å². The fourth-order valence-corrected chi connectivity index (χ4v) is 3.68. The second-order valence-corrected chi connectivity index (χ2v) is 7.90. The molecule has 1 aromatic heterocycles. The molecule has 2 heterocycles. The van der Waals surface area contributed by atoms with Crippen LogP contribution in [0.15, 0.2) is 55.0 Å². The van der Waals surface area contributed by atoms with E-state index in [1.54, 1.807) is 18.5 Å². The molecule has 1 saturated heterocycles. The quantitative estimate of drug-likeness (QED) is 0.435. The molecule has 4 rings (SSSR count). The molecule has 2 aromatic carbocycles. The molecule has 1 atom stereocenters. The van der Waals surface area contributed by atoms with E-state index in [9.17, 15) is 14.0 Å². The number of H-pyrrole nitrogens is 1. The van der Waals surface area contributed by atoms with E-state index in [1.165, 1.54) is 17.9 Å². The number of imidazole rings is 1. The summed E-state index contributed by atoms with van der Waals surface area (Å²) < 4.78 is 20.1. The molecule has 0 unspecified atom stereocenters. The number of carbonyl (C=O) groups is 2. The van der Waals surface area contributed by atoms with Crippen LogP contribution in [0, 0.1) is 5.82 Å². The smallest absolute Gasteiger partial charge is 0.414 e. The first-order valence-corrected chi connectivity index (χ1v) is 10.8. The number of carbonyl (C=O) groups excluding carboxylic acids is 2. The van der Waals surface area contributed by atoms with Crippen LogP contribution in [0.1, 0.15) is 18.2 Å². The van der Waals surface area contributed by atoms with Crippen molar-refractivity contribution in [2.75, 3.05) is 24.5 Å². The summed E-state index contributed by atoms with van der Waals surface area (Å²) in [6.07, 6.45) is 3.37. The van der Waals surface area contributed by atoms with Crippen LogP contribution in [0.25, 0.3) is 11.1 Å². The number of aromatic nitrogens is 2. The fraction of sp³-hybridized carbons (Fsp3) is 0.292. The molecule has 0 saturated carbocycles. The van der Waals surface area contributed by atoms with Gasteiger partial charge in [0.25, 0.3) is 0 Å². The van der Waals surface area contributed by atoms with Crippen LogP contribution < -0.4 is 15.5 Å². The maximum atomic E-state index is 14.9. The second-order valence-electron chi connectivity index (χ2n) is 7.90. The summed E-state index contributed by atoms with van der Waals surface area (Å²) in [6.45, 7) is 3.40. The van der Waals surface area contributed by atoms with Crippen LogP contribution in [-0.4, -0.2) is 47.7 Å². The Morgan fingerprint density at radius 1 is 1.27 bits per heavy atom. The monoisotopic (exact) mass is 451 g/mol. The zero-order valence-corrected chi connectivity index (χ0v) is 18.3. The number of amides is 2. The third-order valence-electron chi connectivity index (χ3n) is 5.42. The standard InChI is InChI=1S/C24H26FN5O3/c1-16(31)28-13-21-14-30(24(32)33-21)20-6-7-22(23(25)10-20)18-4-2-17(3-5-18)11-26-9-8-19-12-27-15-29-19/h2-7,10,12,15,21,26H,8-9,11,13-14H2,1H3,(H,27,29)(H,28,31)/t21-/m0/s1. The van der Waals surface area contributed by atoms with Crippen molar-refractivity contribution >= 4 is 17.7 Å². The van der Waals surface area contributed by atoms with Crippen molar-refractivity contribution in [3.63, 3.8) is 0 Å². The Balaban J connectivity index is 1.34. The number of anilines is 1. The molecule has 0 aliphatic carbocycles. The van der Waals surface area contributed by atoms with Crippen molar-refractivity contribution < 1.29 is 18.7 Å². The van der Waals surface area contributed by atoms with Crippen LogP contribution >= 0.6 is 0 Å². The van der Waals surface area contributed by atoms with E-state index in [-0.39, 0.29) is 19.0 Å². The third-order valence-corrected chi connectivity index (χ3v) is 5.42. The van der Waals surface area contributed by atoms with Crippen LogP contribution in [0.5, 0.6) is 0 Å². The number of ether oxygens (including phenoxy) is 1. The van der Waals surface area contributed by atoms with E-state index in [0.717, 1.165) is 29.8 Å². The van der Waals surface area contributed by atoms with Crippen LogP contribution in [0.4, 0.5) is 14.9 Å². The summed E-state index contributed by atoms with van der Waals surface area (Å²) >= 11 is 0. The van der Waals surface area contributed by atoms with E-state index in [4.69, 9.17) is 4.74 Å². The number of cyclic esters (lactones) is 1. The van der Waals surface area contributed by atoms with E-state index < -0.39 is 18.0 Å². The molecule has 1 aliphatic heterocycles. The molecule has 1 aliphatic rings. The van der Waals surface area contributed by atoms with Gasteiger partial charge >= 0.3 is 6.09 Å². The van der Waals surface area contributed by atoms with Gasteiger partial charge in [0.2, 0.25) is 5.91 Å². The Hall–Kier alpha value is -3.72. The van der Waals surface area contributed by atoms with Gasteiger partial charge in [-0.2, -0.15) is 0 Å². The van der Waals surface area contributed by atoms with E-state index in [2.05, 4.69) is 20.6 Å². The van der Waals surface area contributed by atoms with Crippen molar-refractivity contribution in [2.45, 2.75) is 26.0 Å². The number of nitrogens with one attached hydrogen (secondary N) is 3. The molecule has 9 heteroatoms. The minimum absolute atomic E-state index is 0.198. The maximum Gasteiger partial charge on any atom is 0.414 e. The zero-order chi connectivity index (χ0) is 23.2. The Kier molecular flexibility index (Phi) is 6.99. The van der Waals surface area contributed by atoms with Gasteiger partial charge in [0.1, 0.15) is 11.9 Å². The zero-order valence-electron chi connectivity index (χ0n) is 18.3. The lowest BCUT2D eigenvalue weighted by Crippen LogP contribution is -2.33. The first-order chi connectivity index (χ1) is 16.0. The molecule has 172 valence electrons. The topological polar surface area (TPSA) is 99.4 Å². The molecular formula is C24H26FN5O3. The van der Waals surface area contributed by atoms with Gasteiger partial charge in [0.15, 0.2) is 0 Å². The number of nitrogens with zero attached hydrogens (tertiary/aromatic N) is 2. The summed E-state index contributed by atoms with van der Waals surface area (Å²) in [4.78, 5) is 31.7. The van der Waals surface area contributed by atoms with Crippen molar-refractivity contribution in [3.8, 4) is 11.1 Å². The number of benzene rings is 2. The lowest BCUT2D eigenvalue weighted by molar-refractivity contribution is -0.119. The largest absolute Gasteiger partial charge is 0.442 e. The Morgan fingerprint density at radius 3 is 2.79 bits per heavy atom. The van der Waals surface area contributed by atoms with Gasteiger partial charge in [-0.1, -0.05) is 24.3 Å². The third kappa shape index (κ3) is 5.75. The normalized spacial score (nSPS) is 15.5. The highest BCUT2D eigenvalue weighted by molar-refractivity contribution is 5.90. The highest BCUT2D eigenvalue weighted by Gasteiger charge is 2.32. The molecule has 0 spiro atoms. The maximum absolute atomic E-state index is 14.9. The average Bonchev–Trinajstić information content (AvgIpc) is 3.45. The molecule has 0 bridgehead atoms. The summed E-state index contributed by atoms with van der Waals surface area (Å²) in [5.41, 5.74) is 3.75. The first kappa shape index (κ1) is 22.5. The van der Waals surface area contributed by atoms with Crippen LogP contribution in [0.2, 0.25) is 0 Å². The Labute approximate surface area is 191 Å². The second kappa shape index (κ2) is 10.3. The molecule has 8 nitrogen and oxygen atoms in total. The van der Waals surface area contributed by atoms with E-state index in [0.29, 0.717) is 17.8 Å². The molecule has 33 heavy (non-hydrogen) atoms. The predicted molar refractivity (Wildman–Crippen MR) is 122 cm³/mol. The SMILES string of the molecule is CC(=O)NC[C@H]1CN(c2ccc(-c3ccc(CNCCc4c[nH]cn4)cc3)c(F)c2)C(=O)O1. The molecule has 2 amide bonds. The van der Waals surface area contributed by atoms with Gasteiger partial charge in [0.05, 0.1) is 30.8 Å². The lowest BCUT2D eigenvalue weighted by atomic mass is 10.0. The number of hydrogen-bond acceptors (Lipinski definition) is 5. The van der Waals surface area contributed by atoms with Gasteiger partial charge in [-0.05, 0) is 29.3 Å². The molecule has 3 aromatic rings.